The van der Waals surface area contributed by atoms with Gasteiger partial charge >= 0.3 is 0 Å². The van der Waals surface area contributed by atoms with E-state index in [0.29, 0.717) is 0 Å². The second-order valence-corrected chi connectivity index (χ2v) is 2.57. The SMILES string of the molecule is NC1([S-])OS1.[Mo]. The summed E-state index contributed by atoms with van der Waals surface area (Å²) in [6, 6.07) is 0. The van der Waals surface area contributed by atoms with Crippen LogP contribution in [-0.2, 0) is 37.9 Å². The summed E-state index contributed by atoms with van der Waals surface area (Å²) in [4.78, 5) is 0. The Morgan fingerprint density at radius 2 is 2.00 bits per heavy atom. The molecule has 1 rings (SSSR count). The molecule has 0 radical (unpaired) electrons. The molecule has 0 spiro atoms. The van der Waals surface area contributed by atoms with E-state index in [9.17, 15) is 0 Å². The maximum atomic E-state index is 5.02. The first-order chi connectivity index (χ1) is 2.21. The first-order valence-electron chi connectivity index (χ1n) is 1.07. The van der Waals surface area contributed by atoms with Crippen LogP contribution in [0.15, 0.2) is 0 Å². The van der Waals surface area contributed by atoms with Crippen molar-refractivity contribution in [3.8, 4) is 0 Å². The Morgan fingerprint density at radius 1 is 1.83 bits per heavy atom. The molecule has 0 aromatic rings. The molecule has 2 nitrogen and oxygen atoms in total. The molecule has 2 N–H and O–H groups in total. The summed E-state index contributed by atoms with van der Waals surface area (Å²) in [5.74, 6) is 0. The van der Waals surface area contributed by atoms with Gasteiger partial charge in [0.2, 0.25) is 0 Å². The van der Waals surface area contributed by atoms with Crippen molar-refractivity contribution in [2.75, 3.05) is 0 Å². The second-order valence-electron chi connectivity index (χ2n) is 0.770. The average molecular weight is 204 g/mol. The largest absolute Gasteiger partial charge is 0.727 e. The first-order valence-corrected chi connectivity index (χ1v) is 2.22. The molecule has 0 saturated carbocycles. The summed E-state index contributed by atoms with van der Waals surface area (Å²) >= 11 is 5.57. The van der Waals surface area contributed by atoms with E-state index in [1.165, 1.54) is 0 Å². The van der Waals surface area contributed by atoms with E-state index < -0.39 is 4.39 Å². The zero-order valence-corrected chi connectivity index (χ0v) is 6.35. The number of hydrogen-bond donors (Lipinski definition) is 1. The predicted octanol–water partition coefficient (Wildman–Crippen LogP) is -0.221. The van der Waals surface area contributed by atoms with Gasteiger partial charge in [0, 0.05) is 33.1 Å². The topological polar surface area (TPSA) is 38.5 Å². The smallest absolute Gasteiger partial charge is 0.0863 e. The molecule has 1 heterocycles. The maximum absolute atomic E-state index is 5.02. The zero-order chi connectivity index (χ0) is 3.91. The third-order valence-corrected chi connectivity index (χ3v) is 1.15. The number of hydrogen-bond acceptors (Lipinski definition) is 4. The first kappa shape index (κ1) is 7.31. The molecule has 36 valence electrons. The van der Waals surface area contributed by atoms with Gasteiger partial charge in [-0.1, -0.05) is 0 Å². The Morgan fingerprint density at radius 3 is 2.00 bits per heavy atom. The Bertz CT molecular complexity index is 51.5. The van der Waals surface area contributed by atoms with E-state index in [-0.39, 0.29) is 21.1 Å². The summed E-state index contributed by atoms with van der Waals surface area (Å²) in [5, 5.41) is 0. The Kier molecular flexibility index (Phi) is 2.50. The molecule has 0 aromatic carbocycles. The van der Waals surface area contributed by atoms with Gasteiger partial charge in [0.1, 0.15) is 0 Å². The van der Waals surface area contributed by atoms with E-state index in [0.717, 1.165) is 12.0 Å². The molecule has 1 unspecified atom stereocenters. The van der Waals surface area contributed by atoms with Crippen LogP contribution in [0.1, 0.15) is 0 Å². The maximum Gasteiger partial charge on any atom is 0.0863 e. The molecule has 0 bridgehead atoms. The van der Waals surface area contributed by atoms with Crippen LogP contribution in [0.5, 0.6) is 0 Å². The Labute approximate surface area is 60.1 Å². The quantitative estimate of drug-likeness (QED) is 0.256. The predicted molar refractivity (Wildman–Crippen MR) is 23.0 cm³/mol. The molecule has 6 heavy (non-hydrogen) atoms. The zero-order valence-electron chi connectivity index (χ0n) is 2.71. The van der Waals surface area contributed by atoms with E-state index in [2.05, 4.69) is 16.8 Å². The van der Waals surface area contributed by atoms with Gasteiger partial charge in [0.25, 0.3) is 0 Å². The van der Waals surface area contributed by atoms with Gasteiger partial charge in [0.05, 0.1) is 4.39 Å². The molecular weight excluding hydrogens is 202 g/mol. The summed E-state index contributed by atoms with van der Waals surface area (Å²) in [6.07, 6.45) is 0. The molecule has 0 aliphatic carbocycles. The van der Waals surface area contributed by atoms with Crippen LogP contribution >= 0.6 is 12.0 Å². The van der Waals surface area contributed by atoms with E-state index >= 15 is 0 Å². The summed E-state index contributed by atoms with van der Waals surface area (Å²) in [7, 11) is 0. The van der Waals surface area contributed by atoms with Crippen molar-refractivity contribution in [2.24, 2.45) is 5.73 Å². The van der Waals surface area contributed by atoms with Crippen LogP contribution in [0.2, 0.25) is 0 Å². The average Bonchev–Trinajstić information content (AvgIpc) is 1.76. The van der Waals surface area contributed by atoms with Crippen molar-refractivity contribution in [1.29, 1.82) is 0 Å². The van der Waals surface area contributed by atoms with Crippen molar-refractivity contribution in [3.63, 3.8) is 0 Å². The standard InChI is InChI=1S/CH3NOS2.Mo/c2-1(4)3-5-1;/h4H,2H2;/p-1. The molecule has 5 heteroatoms. The monoisotopic (exact) mass is 206 g/mol. The van der Waals surface area contributed by atoms with E-state index in [1.54, 1.807) is 0 Å². The van der Waals surface area contributed by atoms with E-state index in [1.807, 2.05) is 0 Å². The van der Waals surface area contributed by atoms with Crippen LogP contribution in [0.3, 0.4) is 0 Å². The van der Waals surface area contributed by atoms with Crippen LogP contribution in [0.25, 0.3) is 0 Å². The van der Waals surface area contributed by atoms with Crippen LogP contribution in [-0.4, -0.2) is 4.39 Å². The van der Waals surface area contributed by atoms with Crippen LogP contribution < -0.4 is 5.73 Å². The van der Waals surface area contributed by atoms with Crippen molar-refractivity contribution < 1.29 is 25.2 Å². The minimum Gasteiger partial charge on any atom is -0.727 e. The summed E-state index contributed by atoms with van der Waals surface area (Å²) < 4.78 is 3.66. The van der Waals surface area contributed by atoms with Gasteiger partial charge in [0.15, 0.2) is 0 Å². The summed E-state index contributed by atoms with van der Waals surface area (Å²) in [5.41, 5.74) is 5.02. The molecule has 1 aliphatic rings. The minimum absolute atomic E-state index is 0. The van der Waals surface area contributed by atoms with Gasteiger partial charge in [-0.15, -0.1) is 0 Å². The number of nitrogens with two attached hydrogens (primary N) is 1. The van der Waals surface area contributed by atoms with Crippen LogP contribution in [0, 0.1) is 0 Å². The third-order valence-electron chi connectivity index (χ3n) is 0.248. The Hall–Kier alpha value is 1.31. The molecule has 1 atom stereocenters. The van der Waals surface area contributed by atoms with Gasteiger partial charge in [-0.2, -0.15) is 0 Å². The number of rotatable bonds is 0. The van der Waals surface area contributed by atoms with Gasteiger partial charge in [-0.05, 0) is 0 Å². The Balaban J connectivity index is 0.000000250. The van der Waals surface area contributed by atoms with Gasteiger partial charge < -0.3 is 22.5 Å². The molecule has 0 aromatic heterocycles. The van der Waals surface area contributed by atoms with Crippen molar-refractivity contribution in [2.45, 2.75) is 4.39 Å². The third kappa shape index (κ3) is 2.48. The molecular formula is CH2MoNOS2-. The molecule has 0 amide bonds. The van der Waals surface area contributed by atoms with Crippen molar-refractivity contribution in [3.05, 3.63) is 0 Å². The fourth-order valence-electron chi connectivity index (χ4n) is 0.0411. The molecule has 1 saturated heterocycles. The van der Waals surface area contributed by atoms with E-state index in [4.69, 9.17) is 5.73 Å². The van der Waals surface area contributed by atoms with Crippen LogP contribution in [0.4, 0.5) is 0 Å². The molecule has 1 fully saturated rings. The fourth-order valence-corrected chi connectivity index (χ4v) is 0.225. The minimum atomic E-state index is -0.750. The van der Waals surface area contributed by atoms with Gasteiger partial charge in [-0.3, -0.25) is 0 Å². The normalized spacial score (nSPS) is 41.0. The fraction of sp³-hybridized carbons (Fsp3) is 1.00. The van der Waals surface area contributed by atoms with Crippen molar-refractivity contribution >= 4 is 24.7 Å². The second kappa shape index (κ2) is 2.05. The van der Waals surface area contributed by atoms with Gasteiger partial charge in [-0.25, -0.2) is 0 Å². The molecule has 1 aliphatic heterocycles. The summed E-state index contributed by atoms with van der Waals surface area (Å²) in [6.45, 7) is 0. The van der Waals surface area contributed by atoms with Crippen molar-refractivity contribution in [1.82, 2.24) is 0 Å².